The molecule has 2 fully saturated rings. The van der Waals surface area contributed by atoms with Crippen LogP contribution in [0, 0.1) is 17.6 Å². The van der Waals surface area contributed by atoms with Crippen LogP contribution < -0.4 is 5.32 Å². The van der Waals surface area contributed by atoms with E-state index in [0.29, 0.717) is 18.1 Å². The molecule has 1 atom stereocenters. The molecule has 3 aromatic rings. The van der Waals surface area contributed by atoms with Gasteiger partial charge in [0.2, 0.25) is 0 Å². The predicted octanol–water partition coefficient (Wildman–Crippen LogP) is 6.80. The number of nitrogens with zero attached hydrogens (tertiary/aromatic N) is 1. The molecule has 0 amide bonds. The van der Waals surface area contributed by atoms with Gasteiger partial charge in [-0.05, 0) is 77.4 Å². The van der Waals surface area contributed by atoms with Crippen LogP contribution in [0.1, 0.15) is 54.0 Å². The molecule has 2 aliphatic rings. The third kappa shape index (κ3) is 7.98. The minimum absolute atomic E-state index is 0.0556. The van der Waals surface area contributed by atoms with Gasteiger partial charge in [0.1, 0.15) is 11.6 Å². The molecule has 0 radical (unpaired) electrons. The highest BCUT2D eigenvalue weighted by atomic mass is 35.5. The van der Waals surface area contributed by atoms with E-state index in [2.05, 4.69) is 34.5 Å². The van der Waals surface area contributed by atoms with E-state index in [1.54, 1.807) is 0 Å². The standard InChI is InChI=1S/C31H33ClF2N2O2S/c32-28-11-9-27(10-12-28)31(26-7-5-23(6-8-26)17-35-13-1-2-22-3-4-22)36-18-25(19-36)21-39(37,38)20-24-14-29(33)16-30(34)15-24/h5-12,14-16,21-22,31,35H,1-4,13,17-20H2. The Morgan fingerprint density at radius 2 is 1.54 bits per heavy atom. The summed E-state index contributed by atoms with van der Waals surface area (Å²) in [6, 6.07) is 19.1. The molecule has 1 heterocycles. The summed E-state index contributed by atoms with van der Waals surface area (Å²) in [6.07, 6.45) is 5.35. The molecule has 1 saturated heterocycles. The lowest BCUT2D eigenvalue weighted by Gasteiger charge is -2.41. The number of rotatable bonds is 12. The highest BCUT2D eigenvalue weighted by molar-refractivity contribution is 7.93. The van der Waals surface area contributed by atoms with Crippen LogP contribution in [-0.2, 0) is 22.1 Å². The number of sulfone groups is 1. The summed E-state index contributed by atoms with van der Waals surface area (Å²) in [6.45, 7) is 2.83. The number of nitrogens with one attached hydrogen (secondary N) is 1. The lowest BCUT2D eigenvalue weighted by atomic mass is 9.92. The van der Waals surface area contributed by atoms with Crippen molar-refractivity contribution in [2.75, 3.05) is 19.6 Å². The van der Waals surface area contributed by atoms with Gasteiger partial charge in [-0.3, -0.25) is 4.90 Å². The fraction of sp³-hybridized carbons (Fsp3) is 0.355. The average molecular weight is 571 g/mol. The third-order valence-corrected chi connectivity index (χ3v) is 8.97. The maximum absolute atomic E-state index is 13.5. The Morgan fingerprint density at radius 3 is 2.15 bits per heavy atom. The minimum atomic E-state index is -3.68. The van der Waals surface area contributed by atoms with Gasteiger partial charge in [0.15, 0.2) is 9.84 Å². The zero-order chi connectivity index (χ0) is 27.4. The Kier molecular flexibility index (Phi) is 8.82. The molecule has 3 aromatic carbocycles. The van der Waals surface area contributed by atoms with E-state index in [9.17, 15) is 17.2 Å². The summed E-state index contributed by atoms with van der Waals surface area (Å²) < 4.78 is 52.5. The summed E-state index contributed by atoms with van der Waals surface area (Å²) in [7, 11) is -3.68. The maximum atomic E-state index is 13.5. The van der Waals surface area contributed by atoms with E-state index in [4.69, 9.17) is 11.6 Å². The van der Waals surface area contributed by atoms with Crippen molar-refractivity contribution in [1.82, 2.24) is 10.2 Å². The molecule has 1 saturated carbocycles. The average Bonchev–Trinajstić information content (AvgIpc) is 3.68. The Hall–Kier alpha value is -2.58. The smallest absolute Gasteiger partial charge is 0.175 e. The zero-order valence-corrected chi connectivity index (χ0v) is 23.3. The Balaban J connectivity index is 1.25. The minimum Gasteiger partial charge on any atom is -0.313 e. The Labute approximate surface area is 234 Å². The molecule has 8 heteroatoms. The number of halogens is 3. The number of likely N-dealkylation sites (tertiary alicyclic amines) is 1. The van der Waals surface area contributed by atoms with Gasteiger partial charge in [-0.15, -0.1) is 0 Å². The topological polar surface area (TPSA) is 49.4 Å². The summed E-state index contributed by atoms with van der Waals surface area (Å²) in [5.41, 5.74) is 4.27. The van der Waals surface area contributed by atoms with Crippen LogP contribution in [0.3, 0.4) is 0 Å². The van der Waals surface area contributed by atoms with Crippen molar-refractivity contribution < 1.29 is 17.2 Å². The van der Waals surface area contributed by atoms with Gasteiger partial charge in [0.05, 0.1) is 11.8 Å². The van der Waals surface area contributed by atoms with Gasteiger partial charge in [0.25, 0.3) is 0 Å². The van der Waals surface area contributed by atoms with Crippen molar-refractivity contribution in [1.29, 1.82) is 0 Å². The van der Waals surface area contributed by atoms with Crippen molar-refractivity contribution in [3.05, 3.63) is 117 Å². The van der Waals surface area contributed by atoms with Crippen molar-refractivity contribution in [2.45, 2.75) is 44.0 Å². The lowest BCUT2D eigenvalue weighted by molar-refractivity contribution is 0.202. The van der Waals surface area contributed by atoms with Crippen LogP contribution in [0.4, 0.5) is 8.78 Å². The fourth-order valence-electron chi connectivity index (χ4n) is 5.19. The lowest BCUT2D eigenvalue weighted by Crippen LogP contribution is -2.43. The quantitative estimate of drug-likeness (QED) is 0.243. The first kappa shape index (κ1) is 28.0. The SMILES string of the molecule is O=S(=O)(C=C1CN(C(c2ccc(Cl)cc2)c2ccc(CNCCCC3CC3)cc2)C1)Cc1cc(F)cc(F)c1. The highest BCUT2D eigenvalue weighted by Gasteiger charge is 2.31. The molecule has 0 aromatic heterocycles. The van der Waals surface area contributed by atoms with E-state index >= 15 is 0 Å². The number of hydrogen-bond donors (Lipinski definition) is 1. The second-order valence-electron chi connectivity index (χ2n) is 10.7. The normalized spacial score (nSPS) is 16.6. The van der Waals surface area contributed by atoms with Gasteiger partial charge < -0.3 is 5.32 Å². The molecule has 0 bridgehead atoms. The van der Waals surface area contributed by atoms with Crippen molar-refractivity contribution in [3.8, 4) is 0 Å². The first-order valence-corrected chi connectivity index (χ1v) is 15.5. The van der Waals surface area contributed by atoms with Crippen LogP contribution in [0.5, 0.6) is 0 Å². The van der Waals surface area contributed by atoms with E-state index in [-0.39, 0.29) is 11.6 Å². The van der Waals surface area contributed by atoms with Gasteiger partial charge in [-0.1, -0.05) is 60.8 Å². The fourth-order valence-corrected chi connectivity index (χ4v) is 6.68. The van der Waals surface area contributed by atoms with Crippen molar-refractivity contribution in [3.63, 3.8) is 0 Å². The van der Waals surface area contributed by atoms with Crippen LogP contribution in [-0.4, -0.2) is 33.0 Å². The van der Waals surface area contributed by atoms with Crippen LogP contribution in [0.2, 0.25) is 5.02 Å². The molecule has 1 unspecified atom stereocenters. The summed E-state index contributed by atoms with van der Waals surface area (Å²) >= 11 is 6.14. The zero-order valence-electron chi connectivity index (χ0n) is 21.8. The van der Waals surface area contributed by atoms with Crippen LogP contribution in [0.15, 0.2) is 77.7 Å². The molecule has 0 spiro atoms. The Morgan fingerprint density at radius 1 is 0.923 bits per heavy atom. The molecule has 206 valence electrons. The van der Waals surface area contributed by atoms with Crippen LogP contribution >= 0.6 is 11.6 Å². The molecule has 4 nitrogen and oxygen atoms in total. The molecular formula is C31H33ClF2N2O2S. The number of hydrogen-bond acceptors (Lipinski definition) is 4. The van der Waals surface area contributed by atoms with Crippen LogP contribution in [0.25, 0.3) is 0 Å². The Bertz CT molecular complexity index is 1390. The number of benzene rings is 3. The van der Waals surface area contributed by atoms with Crippen molar-refractivity contribution >= 4 is 21.4 Å². The highest BCUT2D eigenvalue weighted by Crippen LogP contribution is 2.35. The van der Waals surface area contributed by atoms with Gasteiger partial charge >= 0.3 is 0 Å². The molecule has 1 aliphatic heterocycles. The van der Waals surface area contributed by atoms with Gasteiger partial charge in [-0.2, -0.15) is 0 Å². The molecule has 1 N–H and O–H groups in total. The first-order valence-electron chi connectivity index (χ1n) is 13.4. The molecular weight excluding hydrogens is 538 g/mol. The summed E-state index contributed by atoms with van der Waals surface area (Å²) in [5, 5.41) is 5.45. The second kappa shape index (κ2) is 12.3. The summed E-state index contributed by atoms with van der Waals surface area (Å²) in [4.78, 5) is 2.21. The summed E-state index contributed by atoms with van der Waals surface area (Å²) in [5.74, 6) is -1.06. The predicted molar refractivity (Wildman–Crippen MR) is 152 cm³/mol. The first-order chi connectivity index (χ1) is 18.7. The van der Waals surface area contributed by atoms with Crippen molar-refractivity contribution in [2.24, 2.45) is 5.92 Å². The molecule has 39 heavy (non-hydrogen) atoms. The van der Waals surface area contributed by atoms with E-state index in [0.717, 1.165) is 53.9 Å². The van der Waals surface area contributed by atoms with E-state index < -0.39 is 27.2 Å². The molecule has 5 rings (SSSR count). The van der Waals surface area contributed by atoms with Gasteiger partial charge in [0, 0.05) is 36.1 Å². The largest absolute Gasteiger partial charge is 0.313 e. The van der Waals surface area contributed by atoms with E-state index in [1.807, 2.05) is 24.3 Å². The maximum Gasteiger partial charge on any atom is 0.175 e. The second-order valence-corrected chi connectivity index (χ2v) is 13.0. The monoisotopic (exact) mass is 570 g/mol. The molecule has 1 aliphatic carbocycles. The van der Waals surface area contributed by atoms with Gasteiger partial charge in [-0.25, -0.2) is 17.2 Å². The third-order valence-electron chi connectivity index (χ3n) is 7.29. The van der Waals surface area contributed by atoms with E-state index in [1.165, 1.54) is 36.7 Å².